The minimum Gasteiger partial charge on any atom is -0.508 e. The SMILES string of the molecule is CC(CCC(=O)O)CNC(=O)Cc1ccc(O)cc1. The lowest BCUT2D eigenvalue weighted by molar-refractivity contribution is -0.137. The largest absolute Gasteiger partial charge is 0.508 e. The molecule has 0 saturated carbocycles. The van der Waals surface area contributed by atoms with Gasteiger partial charge in [0.15, 0.2) is 0 Å². The normalized spacial score (nSPS) is 11.8. The molecule has 0 aromatic heterocycles. The zero-order valence-electron chi connectivity index (χ0n) is 10.9. The van der Waals surface area contributed by atoms with E-state index in [2.05, 4.69) is 5.32 Å². The van der Waals surface area contributed by atoms with Crippen molar-refractivity contribution in [3.63, 3.8) is 0 Å². The van der Waals surface area contributed by atoms with Crippen LogP contribution in [0.4, 0.5) is 0 Å². The van der Waals surface area contributed by atoms with Gasteiger partial charge in [0.05, 0.1) is 6.42 Å². The van der Waals surface area contributed by atoms with E-state index < -0.39 is 5.97 Å². The van der Waals surface area contributed by atoms with Gasteiger partial charge in [-0.15, -0.1) is 0 Å². The van der Waals surface area contributed by atoms with E-state index in [0.29, 0.717) is 13.0 Å². The fourth-order valence-corrected chi connectivity index (χ4v) is 1.62. The van der Waals surface area contributed by atoms with Gasteiger partial charge in [0.2, 0.25) is 5.91 Å². The van der Waals surface area contributed by atoms with Crippen molar-refractivity contribution in [2.75, 3.05) is 6.54 Å². The molecule has 0 fully saturated rings. The van der Waals surface area contributed by atoms with Gasteiger partial charge in [-0.05, 0) is 30.0 Å². The lowest BCUT2D eigenvalue weighted by atomic mass is 10.1. The number of carbonyl (C=O) groups excluding carboxylic acids is 1. The number of carboxylic acid groups (broad SMARTS) is 1. The minimum atomic E-state index is -0.817. The maximum Gasteiger partial charge on any atom is 0.303 e. The number of hydrogen-bond donors (Lipinski definition) is 3. The van der Waals surface area contributed by atoms with Crippen LogP contribution < -0.4 is 5.32 Å². The average Bonchev–Trinajstić information content (AvgIpc) is 2.36. The third-order valence-electron chi connectivity index (χ3n) is 2.80. The second kappa shape index (κ2) is 7.41. The summed E-state index contributed by atoms with van der Waals surface area (Å²) in [4.78, 5) is 22.1. The molecule has 0 spiro atoms. The van der Waals surface area contributed by atoms with Gasteiger partial charge in [-0.1, -0.05) is 19.1 Å². The fourth-order valence-electron chi connectivity index (χ4n) is 1.62. The Morgan fingerprint density at radius 3 is 2.47 bits per heavy atom. The van der Waals surface area contributed by atoms with E-state index in [1.807, 2.05) is 6.92 Å². The number of phenols is 1. The molecule has 104 valence electrons. The number of carbonyl (C=O) groups is 2. The summed E-state index contributed by atoms with van der Waals surface area (Å²) in [6, 6.07) is 6.47. The monoisotopic (exact) mass is 265 g/mol. The average molecular weight is 265 g/mol. The number of hydrogen-bond acceptors (Lipinski definition) is 3. The third-order valence-corrected chi connectivity index (χ3v) is 2.80. The standard InChI is InChI=1S/C14H19NO4/c1-10(2-7-14(18)19)9-15-13(17)8-11-3-5-12(16)6-4-11/h3-6,10,16H,2,7-9H2,1H3,(H,15,17)(H,18,19). The molecule has 0 radical (unpaired) electrons. The summed E-state index contributed by atoms with van der Waals surface area (Å²) < 4.78 is 0. The summed E-state index contributed by atoms with van der Waals surface area (Å²) in [5, 5.41) is 20.4. The molecule has 5 nitrogen and oxygen atoms in total. The fraction of sp³-hybridized carbons (Fsp3) is 0.429. The Morgan fingerprint density at radius 2 is 1.89 bits per heavy atom. The molecule has 0 aliphatic carbocycles. The smallest absolute Gasteiger partial charge is 0.303 e. The highest BCUT2D eigenvalue weighted by Gasteiger charge is 2.08. The molecule has 0 aliphatic rings. The highest BCUT2D eigenvalue weighted by Crippen LogP contribution is 2.10. The van der Waals surface area contributed by atoms with Crippen LogP contribution >= 0.6 is 0 Å². The lowest BCUT2D eigenvalue weighted by Crippen LogP contribution is -2.29. The first kappa shape index (κ1) is 15.0. The van der Waals surface area contributed by atoms with Crippen molar-refractivity contribution in [2.45, 2.75) is 26.2 Å². The van der Waals surface area contributed by atoms with E-state index in [1.165, 1.54) is 12.1 Å². The van der Waals surface area contributed by atoms with Crippen molar-refractivity contribution in [3.05, 3.63) is 29.8 Å². The molecule has 5 heteroatoms. The van der Waals surface area contributed by atoms with Crippen LogP contribution in [-0.2, 0) is 16.0 Å². The van der Waals surface area contributed by atoms with E-state index in [0.717, 1.165) is 5.56 Å². The number of aromatic hydroxyl groups is 1. The second-order valence-corrected chi connectivity index (χ2v) is 4.68. The van der Waals surface area contributed by atoms with E-state index >= 15 is 0 Å². The van der Waals surface area contributed by atoms with Gasteiger partial charge in [-0.25, -0.2) is 0 Å². The Balaban J connectivity index is 2.27. The molecule has 0 bridgehead atoms. The molecule has 1 atom stereocenters. The number of carboxylic acids is 1. The molecule has 1 amide bonds. The minimum absolute atomic E-state index is 0.104. The van der Waals surface area contributed by atoms with E-state index in [1.54, 1.807) is 12.1 Å². The predicted molar refractivity (Wildman–Crippen MR) is 70.9 cm³/mol. The molecule has 0 saturated heterocycles. The van der Waals surface area contributed by atoms with Crippen molar-refractivity contribution < 1.29 is 19.8 Å². The highest BCUT2D eigenvalue weighted by atomic mass is 16.4. The zero-order chi connectivity index (χ0) is 14.3. The van der Waals surface area contributed by atoms with Crippen LogP contribution in [0.25, 0.3) is 0 Å². The van der Waals surface area contributed by atoms with Gasteiger partial charge < -0.3 is 15.5 Å². The molecule has 1 unspecified atom stereocenters. The van der Waals surface area contributed by atoms with Crippen molar-refractivity contribution in [1.82, 2.24) is 5.32 Å². The summed E-state index contributed by atoms with van der Waals surface area (Å²) in [5.74, 6) is -0.610. The molecule has 19 heavy (non-hydrogen) atoms. The number of nitrogens with one attached hydrogen (secondary N) is 1. The number of benzene rings is 1. The molecule has 0 aliphatic heterocycles. The highest BCUT2D eigenvalue weighted by molar-refractivity contribution is 5.78. The molecular weight excluding hydrogens is 246 g/mol. The van der Waals surface area contributed by atoms with Gasteiger partial charge in [0.25, 0.3) is 0 Å². The second-order valence-electron chi connectivity index (χ2n) is 4.68. The molecule has 1 rings (SSSR count). The molecule has 1 aromatic carbocycles. The number of amides is 1. The first-order valence-electron chi connectivity index (χ1n) is 6.23. The first-order chi connectivity index (χ1) is 8.97. The third kappa shape index (κ3) is 6.45. The van der Waals surface area contributed by atoms with Gasteiger partial charge in [0.1, 0.15) is 5.75 Å². The Bertz CT molecular complexity index is 428. The molecule has 1 aromatic rings. The zero-order valence-corrected chi connectivity index (χ0v) is 10.9. The summed E-state index contributed by atoms with van der Waals surface area (Å²) in [6.07, 6.45) is 0.926. The maximum atomic E-state index is 11.7. The van der Waals surface area contributed by atoms with E-state index in [9.17, 15) is 9.59 Å². The summed E-state index contributed by atoms with van der Waals surface area (Å²) in [6.45, 7) is 2.38. The van der Waals surface area contributed by atoms with Crippen LogP contribution in [-0.4, -0.2) is 28.6 Å². The summed E-state index contributed by atoms with van der Waals surface area (Å²) in [7, 11) is 0. The maximum absolute atomic E-state index is 11.7. The Kier molecular flexibility index (Phi) is 5.85. The van der Waals surface area contributed by atoms with Crippen LogP contribution in [0.3, 0.4) is 0 Å². The van der Waals surface area contributed by atoms with Gasteiger partial charge in [-0.3, -0.25) is 9.59 Å². The van der Waals surface area contributed by atoms with Gasteiger partial charge in [-0.2, -0.15) is 0 Å². The van der Waals surface area contributed by atoms with Crippen molar-refractivity contribution >= 4 is 11.9 Å². The number of aliphatic carboxylic acids is 1. The van der Waals surface area contributed by atoms with Crippen LogP contribution in [0.2, 0.25) is 0 Å². The Labute approximate surface area is 112 Å². The van der Waals surface area contributed by atoms with Crippen LogP contribution in [0.1, 0.15) is 25.3 Å². The number of rotatable bonds is 7. The molecule has 3 N–H and O–H groups in total. The van der Waals surface area contributed by atoms with E-state index in [-0.39, 0.29) is 30.4 Å². The van der Waals surface area contributed by atoms with Crippen molar-refractivity contribution in [3.8, 4) is 5.75 Å². The quantitative estimate of drug-likeness (QED) is 0.698. The lowest BCUT2D eigenvalue weighted by Gasteiger charge is -2.11. The number of phenolic OH excluding ortho intramolecular Hbond substituents is 1. The van der Waals surface area contributed by atoms with Crippen LogP contribution in [0, 0.1) is 5.92 Å². The van der Waals surface area contributed by atoms with Gasteiger partial charge >= 0.3 is 5.97 Å². The van der Waals surface area contributed by atoms with Crippen LogP contribution in [0.5, 0.6) is 5.75 Å². The van der Waals surface area contributed by atoms with Crippen molar-refractivity contribution in [1.29, 1.82) is 0 Å². The summed E-state index contributed by atoms with van der Waals surface area (Å²) >= 11 is 0. The molecular formula is C14H19NO4. The Hall–Kier alpha value is -2.04. The summed E-state index contributed by atoms with van der Waals surface area (Å²) in [5.41, 5.74) is 0.827. The topological polar surface area (TPSA) is 86.6 Å². The molecule has 0 heterocycles. The van der Waals surface area contributed by atoms with Crippen LogP contribution in [0.15, 0.2) is 24.3 Å². The van der Waals surface area contributed by atoms with Gasteiger partial charge in [0, 0.05) is 13.0 Å². The first-order valence-corrected chi connectivity index (χ1v) is 6.23. The Morgan fingerprint density at radius 1 is 1.26 bits per heavy atom. The predicted octanol–water partition coefficient (Wildman–Crippen LogP) is 1.55. The van der Waals surface area contributed by atoms with E-state index in [4.69, 9.17) is 10.2 Å². The van der Waals surface area contributed by atoms with Crippen molar-refractivity contribution in [2.24, 2.45) is 5.92 Å².